The Labute approximate surface area is 294 Å². The van der Waals surface area contributed by atoms with Crippen LogP contribution in [0.1, 0.15) is 58.2 Å². The van der Waals surface area contributed by atoms with Gasteiger partial charge in [0.05, 0.1) is 16.6 Å². The van der Waals surface area contributed by atoms with Crippen molar-refractivity contribution < 1.29 is 28.6 Å². The Morgan fingerprint density at radius 3 is 0.941 bits per heavy atom. The van der Waals surface area contributed by atoms with Gasteiger partial charge in [0, 0.05) is 18.2 Å². The molecule has 264 valence electrons. The number of hydrogen-bond acceptors (Lipinski definition) is 9. The van der Waals surface area contributed by atoms with Gasteiger partial charge in [-0.3, -0.25) is 0 Å². The summed E-state index contributed by atoms with van der Waals surface area (Å²) in [7, 11) is 0. The Bertz CT molecular complexity index is 1970. The van der Waals surface area contributed by atoms with Crippen molar-refractivity contribution in [1.29, 1.82) is 0 Å². The van der Waals surface area contributed by atoms with Crippen LogP contribution in [0.2, 0.25) is 0 Å². The van der Waals surface area contributed by atoms with E-state index in [1.54, 1.807) is 77.9 Å². The van der Waals surface area contributed by atoms with E-state index in [4.69, 9.17) is 14.2 Å². The molecule has 0 unspecified atom stereocenters. The number of aromatic nitrogens is 3. The van der Waals surface area contributed by atoms with E-state index in [9.17, 15) is 28.8 Å². The molecule has 0 radical (unpaired) electrons. The molecule has 0 saturated heterocycles. The molecule has 4 aromatic rings. The number of benzene rings is 3. The number of carbonyl (C=O) groups is 3. The van der Waals surface area contributed by atoms with Crippen LogP contribution in [-0.2, 0) is 31.0 Å². The van der Waals surface area contributed by atoms with Gasteiger partial charge in [0.15, 0.2) is 0 Å². The molecule has 12 heteroatoms. The lowest BCUT2D eigenvalue weighted by Gasteiger charge is -2.36. The fraction of sp³-hybridized carbons (Fsp3) is 0.231. The van der Waals surface area contributed by atoms with Crippen LogP contribution in [0, 0.1) is 0 Å². The molecule has 3 aromatic carbocycles. The number of rotatable bonds is 12. The summed E-state index contributed by atoms with van der Waals surface area (Å²) in [6, 6.07) is 18.9. The first-order valence-corrected chi connectivity index (χ1v) is 15.8. The minimum Gasteiger partial charge on any atom is -0.423 e. The summed E-state index contributed by atoms with van der Waals surface area (Å²) < 4.78 is 18.8. The quantitative estimate of drug-likeness (QED) is 0.116. The third-order valence-corrected chi connectivity index (χ3v) is 8.60. The predicted octanol–water partition coefficient (Wildman–Crippen LogP) is 4.80. The Kier molecular flexibility index (Phi) is 10.5. The van der Waals surface area contributed by atoms with E-state index in [1.165, 1.54) is 36.4 Å². The largest absolute Gasteiger partial charge is 0.423 e. The molecule has 0 aliphatic rings. The Hall–Kier alpha value is -6.30. The second-order valence-corrected chi connectivity index (χ2v) is 13.0. The lowest BCUT2D eigenvalue weighted by atomic mass is 9.91. The lowest BCUT2D eigenvalue weighted by Crippen LogP contribution is -2.65. The van der Waals surface area contributed by atoms with Crippen LogP contribution in [0.15, 0.2) is 125 Å². The van der Waals surface area contributed by atoms with Crippen LogP contribution < -0.4 is 31.3 Å². The van der Waals surface area contributed by atoms with E-state index < -0.39 is 51.6 Å². The Balaban J connectivity index is 2.09. The average Bonchev–Trinajstić information content (AvgIpc) is 3.08. The summed E-state index contributed by atoms with van der Waals surface area (Å²) in [5, 5.41) is 0. The molecule has 0 bridgehead atoms. The Morgan fingerprint density at radius 1 is 0.490 bits per heavy atom. The highest BCUT2D eigenvalue weighted by molar-refractivity contribution is 5.84. The van der Waals surface area contributed by atoms with E-state index >= 15 is 0 Å². The van der Waals surface area contributed by atoms with Crippen molar-refractivity contribution in [2.45, 2.75) is 58.2 Å². The third-order valence-electron chi connectivity index (χ3n) is 8.60. The summed E-state index contributed by atoms with van der Waals surface area (Å²) in [6.45, 7) is 20.0. The molecule has 0 atom stereocenters. The first kappa shape index (κ1) is 37.5. The lowest BCUT2D eigenvalue weighted by molar-refractivity contribution is -0.129. The van der Waals surface area contributed by atoms with Gasteiger partial charge in [0.1, 0.15) is 17.2 Å². The maximum Gasteiger partial charge on any atom is 0.337 e. The third kappa shape index (κ3) is 7.35. The van der Waals surface area contributed by atoms with Crippen LogP contribution >= 0.6 is 0 Å². The highest BCUT2D eigenvalue weighted by atomic mass is 16.5. The fourth-order valence-corrected chi connectivity index (χ4v) is 5.66. The maximum absolute atomic E-state index is 14.7. The van der Waals surface area contributed by atoms with Crippen molar-refractivity contribution in [1.82, 2.24) is 13.7 Å². The Morgan fingerprint density at radius 2 is 0.725 bits per heavy atom. The van der Waals surface area contributed by atoms with Gasteiger partial charge >= 0.3 is 35.0 Å². The van der Waals surface area contributed by atoms with Crippen molar-refractivity contribution in [3.05, 3.63) is 159 Å². The smallest absolute Gasteiger partial charge is 0.337 e. The summed E-state index contributed by atoms with van der Waals surface area (Å²) >= 11 is 0. The number of esters is 3. The number of carbonyl (C=O) groups excluding carboxylic acids is 3. The molecule has 1 heterocycles. The van der Waals surface area contributed by atoms with Crippen LogP contribution in [0.4, 0.5) is 0 Å². The van der Waals surface area contributed by atoms with Crippen LogP contribution in [0.25, 0.3) is 0 Å². The first-order valence-electron chi connectivity index (χ1n) is 15.8. The summed E-state index contributed by atoms with van der Waals surface area (Å²) in [4.78, 5) is 80.2. The predicted molar refractivity (Wildman–Crippen MR) is 191 cm³/mol. The van der Waals surface area contributed by atoms with E-state index in [1.807, 2.05) is 0 Å². The highest BCUT2D eigenvalue weighted by Crippen LogP contribution is 2.31. The van der Waals surface area contributed by atoms with Crippen LogP contribution in [-0.4, -0.2) is 31.6 Å². The molecule has 0 amide bonds. The monoisotopic (exact) mass is 693 g/mol. The molecule has 0 fully saturated rings. The van der Waals surface area contributed by atoms with Crippen molar-refractivity contribution in [2.24, 2.45) is 0 Å². The minimum absolute atomic E-state index is 0.143. The number of ether oxygens (including phenoxy) is 3. The van der Waals surface area contributed by atoms with Gasteiger partial charge in [0.25, 0.3) is 0 Å². The average molecular weight is 694 g/mol. The fourth-order valence-electron chi connectivity index (χ4n) is 5.66. The summed E-state index contributed by atoms with van der Waals surface area (Å²) in [5.41, 5.74) is -5.96. The van der Waals surface area contributed by atoms with Crippen molar-refractivity contribution >= 4 is 17.9 Å². The topological polar surface area (TPSA) is 145 Å². The molecule has 0 N–H and O–H groups in total. The first-order chi connectivity index (χ1) is 23.9. The van der Waals surface area contributed by atoms with E-state index in [-0.39, 0.29) is 17.2 Å². The molecule has 0 saturated carbocycles. The van der Waals surface area contributed by atoms with Crippen LogP contribution in [0.5, 0.6) is 17.2 Å². The van der Waals surface area contributed by atoms with E-state index in [0.29, 0.717) is 16.7 Å². The second kappa shape index (κ2) is 14.3. The van der Waals surface area contributed by atoms with Gasteiger partial charge in [-0.2, -0.15) is 0 Å². The maximum atomic E-state index is 14.7. The van der Waals surface area contributed by atoms with Gasteiger partial charge in [-0.15, -0.1) is 0 Å². The van der Waals surface area contributed by atoms with Gasteiger partial charge in [-0.25, -0.2) is 42.5 Å². The van der Waals surface area contributed by atoms with Gasteiger partial charge in [-0.05, 0) is 94.6 Å². The molecule has 0 aliphatic carbocycles. The minimum atomic E-state index is -1.45. The zero-order chi connectivity index (χ0) is 37.9. The molecular weight excluding hydrogens is 654 g/mol. The molecule has 0 spiro atoms. The highest BCUT2D eigenvalue weighted by Gasteiger charge is 2.39. The zero-order valence-electron chi connectivity index (χ0n) is 29.3. The molecule has 4 rings (SSSR count). The molecule has 1 aromatic heterocycles. The SMILES string of the molecule is C=CC(=O)Oc1cccc(C(C)(C)n2c(=O)n(C(C)(C)c3cccc(OC(=O)C=C)c3)c(=O)n(C(C)(C)c3cccc(OC(=O)C=C)c3)c2=O)c1. The second-order valence-electron chi connectivity index (χ2n) is 13.0. The normalized spacial score (nSPS) is 11.6. The molecule has 12 nitrogen and oxygen atoms in total. The number of nitrogens with zero attached hydrogens (tertiary/aromatic N) is 3. The number of hydrogen-bond donors (Lipinski definition) is 0. The molecule has 51 heavy (non-hydrogen) atoms. The van der Waals surface area contributed by atoms with E-state index in [2.05, 4.69) is 19.7 Å². The van der Waals surface area contributed by atoms with E-state index in [0.717, 1.165) is 31.9 Å². The van der Waals surface area contributed by atoms with Gasteiger partial charge < -0.3 is 14.2 Å². The van der Waals surface area contributed by atoms with Crippen molar-refractivity contribution in [2.75, 3.05) is 0 Å². The van der Waals surface area contributed by atoms with Gasteiger partial charge in [0.2, 0.25) is 0 Å². The van der Waals surface area contributed by atoms with Crippen molar-refractivity contribution in [3.63, 3.8) is 0 Å². The molecule has 0 aliphatic heterocycles. The summed E-state index contributed by atoms with van der Waals surface area (Å²) in [6.07, 6.45) is 3.01. The standard InChI is InChI=1S/C39H39N3O9/c1-10-31(43)49-28-19-13-16-25(22-28)37(4,5)40-34(46)41(38(6,7)26-17-14-20-29(23-26)50-32(44)11-2)36(48)42(35(40)47)39(8,9)27-18-15-21-30(24-27)51-33(45)12-3/h10-24H,1-3H2,4-9H3. The zero-order valence-corrected chi connectivity index (χ0v) is 29.3. The molecular formula is C39H39N3O9. The van der Waals surface area contributed by atoms with Gasteiger partial charge in [-0.1, -0.05) is 56.1 Å². The van der Waals surface area contributed by atoms with Crippen molar-refractivity contribution in [3.8, 4) is 17.2 Å². The summed E-state index contributed by atoms with van der Waals surface area (Å²) in [5.74, 6) is -1.69. The van der Waals surface area contributed by atoms with Crippen LogP contribution in [0.3, 0.4) is 0 Å².